The van der Waals surface area contributed by atoms with Crippen LogP contribution in [-0.4, -0.2) is 12.8 Å². The monoisotopic (exact) mass is 135 g/mol. The topological polar surface area (TPSA) is 12.4 Å². The van der Waals surface area contributed by atoms with Gasteiger partial charge >= 0.3 is 0 Å². The van der Waals surface area contributed by atoms with Gasteiger partial charge in [0, 0.05) is 7.05 Å². The molecule has 0 aliphatic carbocycles. The van der Waals surface area contributed by atoms with Gasteiger partial charge in [-0.1, -0.05) is 25.3 Å². The van der Waals surface area contributed by atoms with Crippen molar-refractivity contribution in [3.63, 3.8) is 0 Å². The average Bonchev–Trinajstić information content (AvgIpc) is 1.89. The largest absolute Gasteiger partial charge is 0.288 e. The van der Waals surface area contributed by atoms with E-state index in [0.29, 0.717) is 0 Å². The Kier molecular flexibility index (Phi) is 4.21. The predicted molar refractivity (Wildman–Crippen MR) is 47.5 cm³/mol. The Morgan fingerprint density at radius 2 is 2.10 bits per heavy atom. The van der Waals surface area contributed by atoms with Crippen molar-refractivity contribution in [3.8, 4) is 0 Å². The second-order valence-corrected chi connectivity index (χ2v) is 1.98. The van der Waals surface area contributed by atoms with Gasteiger partial charge in [-0.2, -0.15) is 0 Å². The maximum Gasteiger partial charge on any atom is 0.0594 e. The molecule has 1 nitrogen and oxygen atoms in total. The Balaban J connectivity index is 4.25. The summed E-state index contributed by atoms with van der Waals surface area (Å²) in [5.41, 5.74) is 1.89. The Labute approximate surface area is 62.5 Å². The van der Waals surface area contributed by atoms with Gasteiger partial charge in [-0.15, -0.1) is 0 Å². The summed E-state index contributed by atoms with van der Waals surface area (Å²) < 4.78 is 0. The molecule has 1 heteroatoms. The molecule has 0 aromatic carbocycles. The fourth-order valence-electron chi connectivity index (χ4n) is 0.567. The normalized spacial score (nSPS) is 12.0. The molecule has 0 unspecified atom stereocenters. The molecular weight excluding hydrogens is 122 g/mol. The Morgan fingerprint density at radius 3 is 2.40 bits per heavy atom. The molecule has 0 radical (unpaired) electrons. The molecule has 0 spiro atoms. The van der Waals surface area contributed by atoms with Crippen molar-refractivity contribution in [1.82, 2.24) is 0 Å². The van der Waals surface area contributed by atoms with Crippen LogP contribution in [0.2, 0.25) is 0 Å². The second kappa shape index (κ2) is 4.74. The van der Waals surface area contributed by atoms with Crippen LogP contribution in [0.5, 0.6) is 0 Å². The third-order valence-corrected chi connectivity index (χ3v) is 1.07. The minimum Gasteiger partial charge on any atom is -0.288 e. The standard InChI is InChI=1S/C9H13N/c1-5-6-7-9(10-4)8(2)3/h5-7H,1-2H2,3-4H3/b7-6-,10-9?. The first-order valence-electron chi connectivity index (χ1n) is 3.14. The van der Waals surface area contributed by atoms with E-state index >= 15 is 0 Å². The fourth-order valence-corrected chi connectivity index (χ4v) is 0.567. The van der Waals surface area contributed by atoms with Crippen LogP contribution < -0.4 is 0 Å². The number of nitrogens with zero attached hydrogens (tertiary/aromatic N) is 1. The number of aliphatic imine (C=N–C) groups is 1. The van der Waals surface area contributed by atoms with Gasteiger partial charge in [0.2, 0.25) is 0 Å². The molecule has 0 saturated carbocycles. The van der Waals surface area contributed by atoms with Gasteiger partial charge in [0.05, 0.1) is 5.71 Å². The zero-order valence-electron chi connectivity index (χ0n) is 6.59. The molecule has 0 N–H and O–H groups in total. The summed E-state index contributed by atoms with van der Waals surface area (Å²) in [6, 6.07) is 0. The SMILES string of the molecule is C=C/C=C\C(=NC)C(=C)C. The van der Waals surface area contributed by atoms with Crippen LogP contribution in [-0.2, 0) is 0 Å². The number of rotatable bonds is 3. The lowest BCUT2D eigenvalue weighted by atomic mass is 10.2. The molecule has 0 aromatic rings. The summed E-state index contributed by atoms with van der Waals surface area (Å²) in [5.74, 6) is 0. The van der Waals surface area contributed by atoms with Gasteiger partial charge < -0.3 is 0 Å². The molecule has 0 fully saturated rings. The number of allylic oxidation sites excluding steroid dienone is 4. The summed E-state index contributed by atoms with van der Waals surface area (Å²) in [6.45, 7) is 9.24. The van der Waals surface area contributed by atoms with E-state index in [1.54, 1.807) is 13.1 Å². The Morgan fingerprint density at radius 1 is 1.50 bits per heavy atom. The summed E-state index contributed by atoms with van der Waals surface area (Å²) in [6.07, 6.45) is 5.44. The van der Waals surface area contributed by atoms with Crippen LogP contribution in [0, 0.1) is 0 Å². The molecule has 0 heterocycles. The van der Waals surface area contributed by atoms with E-state index in [2.05, 4.69) is 18.2 Å². The summed E-state index contributed by atoms with van der Waals surface area (Å²) >= 11 is 0. The lowest BCUT2D eigenvalue weighted by Gasteiger charge is -1.94. The van der Waals surface area contributed by atoms with Gasteiger partial charge in [-0.25, -0.2) is 0 Å². The summed E-state index contributed by atoms with van der Waals surface area (Å²) in [4.78, 5) is 4.01. The molecule has 0 saturated heterocycles. The summed E-state index contributed by atoms with van der Waals surface area (Å²) in [5, 5.41) is 0. The van der Waals surface area contributed by atoms with Gasteiger partial charge in [0.15, 0.2) is 0 Å². The van der Waals surface area contributed by atoms with Crippen molar-refractivity contribution in [2.24, 2.45) is 4.99 Å². The van der Waals surface area contributed by atoms with Gasteiger partial charge in [-0.3, -0.25) is 4.99 Å². The van der Waals surface area contributed by atoms with E-state index in [9.17, 15) is 0 Å². The third kappa shape index (κ3) is 3.02. The van der Waals surface area contributed by atoms with Gasteiger partial charge in [-0.05, 0) is 18.6 Å². The van der Waals surface area contributed by atoms with Crippen LogP contribution in [0.1, 0.15) is 6.92 Å². The van der Waals surface area contributed by atoms with Crippen molar-refractivity contribution in [1.29, 1.82) is 0 Å². The van der Waals surface area contributed by atoms with Crippen LogP contribution >= 0.6 is 0 Å². The zero-order chi connectivity index (χ0) is 7.98. The molecule has 0 aliphatic heterocycles. The number of hydrogen-bond acceptors (Lipinski definition) is 1. The average molecular weight is 135 g/mol. The Bertz CT molecular complexity index is 185. The van der Waals surface area contributed by atoms with Crippen LogP contribution in [0.15, 0.2) is 42.0 Å². The van der Waals surface area contributed by atoms with E-state index in [1.807, 2.05) is 19.1 Å². The van der Waals surface area contributed by atoms with Crippen LogP contribution in [0.25, 0.3) is 0 Å². The molecule has 0 bridgehead atoms. The molecule has 54 valence electrons. The number of hydrogen-bond donors (Lipinski definition) is 0. The highest BCUT2D eigenvalue weighted by molar-refractivity contribution is 6.07. The maximum absolute atomic E-state index is 4.01. The molecular formula is C9H13N. The fraction of sp³-hybridized carbons (Fsp3) is 0.222. The molecule has 0 aliphatic rings. The van der Waals surface area contributed by atoms with E-state index < -0.39 is 0 Å². The quantitative estimate of drug-likeness (QED) is 0.416. The predicted octanol–water partition coefficient (Wildman–Crippen LogP) is 2.38. The maximum atomic E-state index is 4.01. The highest BCUT2D eigenvalue weighted by atomic mass is 14.7. The van der Waals surface area contributed by atoms with Gasteiger partial charge in [0.1, 0.15) is 0 Å². The van der Waals surface area contributed by atoms with E-state index in [1.165, 1.54) is 0 Å². The third-order valence-electron chi connectivity index (χ3n) is 1.07. The van der Waals surface area contributed by atoms with E-state index in [0.717, 1.165) is 11.3 Å². The molecule has 10 heavy (non-hydrogen) atoms. The molecule has 0 atom stereocenters. The lowest BCUT2D eigenvalue weighted by Crippen LogP contribution is -1.92. The van der Waals surface area contributed by atoms with Crippen molar-refractivity contribution in [2.75, 3.05) is 7.05 Å². The zero-order valence-corrected chi connectivity index (χ0v) is 6.59. The highest BCUT2D eigenvalue weighted by Crippen LogP contribution is 1.94. The first-order valence-corrected chi connectivity index (χ1v) is 3.14. The lowest BCUT2D eigenvalue weighted by molar-refractivity contribution is 1.42. The molecule has 0 aromatic heterocycles. The van der Waals surface area contributed by atoms with Crippen LogP contribution in [0.3, 0.4) is 0 Å². The minimum absolute atomic E-state index is 0.917. The van der Waals surface area contributed by atoms with Crippen molar-refractivity contribution in [3.05, 3.63) is 37.0 Å². The second-order valence-electron chi connectivity index (χ2n) is 1.98. The first-order chi connectivity index (χ1) is 4.72. The van der Waals surface area contributed by atoms with Gasteiger partial charge in [0.25, 0.3) is 0 Å². The smallest absolute Gasteiger partial charge is 0.0594 e. The summed E-state index contributed by atoms with van der Waals surface area (Å²) in [7, 11) is 1.75. The van der Waals surface area contributed by atoms with Crippen molar-refractivity contribution in [2.45, 2.75) is 6.92 Å². The highest BCUT2D eigenvalue weighted by Gasteiger charge is 1.89. The first kappa shape index (κ1) is 8.89. The van der Waals surface area contributed by atoms with E-state index in [4.69, 9.17) is 0 Å². The molecule has 0 rings (SSSR count). The van der Waals surface area contributed by atoms with Crippen LogP contribution in [0.4, 0.5) is 0 Å². The van der Waals surface area contributed by atoms with Crippen molar-refractivity contribution < 1.29 is 0 Å². The minimum atomic E-state index is 0.917. The van der Waals surface area contributed by atoms with Crippen molar-refractivity contribution >= 4 is 5.71 Å². The Hall–Kier alpha value is -1.11. The molecule has 0 amide bonds. The van der Waals surface area contributed by atoms with E-state index in [-0.39, 0.29) is 0 Å².